The summed E-state index contributed by atoms with van der Waals surface area (Å²) in [5.41, 5.74) is 3.53. The minimum atomic E-state index is -0.731. The summed E-state index contributed by atoms with van der Waals surface area (Å²) >= 11 is 0. The molecule has 1 aliphatic heterocycles. The number of H-pyrrole nitrogens is 1. The Balaban J connectivity index is 0.892. The number of carbonyl (C=O) groups excluding carboxylic acids is 1. The highest BCUT2D eigenvalue weighted by Crippen LogP contribution is 2.29. The molecule has 3 aromatic carbocycles. The third-order valence-corrected chi connectivity index (χ3v) is 8.74. The number of aromatic nitrogens is 1. The van der Waals surface area contributed by atoms with Gasteiger partial charge in [-0.2, -0.15) is 0 Å². The molecule has 9 heteroatoms. The second-order valence-corrected chi connectivity index (χ2v) is 12.1. The fraction of sp³-hybridized carbons (Fsp3) is 0.405. The van der Waals surface area contributed by atoms with E-state index in [0.717, 1.165) is 68.7 Å². The number of nitrogens with zero attached hydrogens (tertiary/aromatic N) is 1. The molecule has 1 fully saturated rings. The maximum absolute atomic E-state index is 12.7. The lowest BCUT2D eigenvalue weighted by atomic mass is 10.0. The highest BCUT2D eigenvalue weighted by atomic mass is 16.6. The van der Waals surface area contributed by atoms with Crippen molar-refractivity contribution in [1.29, 1.82) is 0 Å². The number of likely N-dealkylation sites (tertiary alicyclic amines) is 1. The van der Waals surface area contributed by atoms with Crippen LogP contribution in [0.25, 0.3) is 22.0 Å². The van der Waals surface area contributed by atoms with Crippen molar-refractivity contribution < 1.29 is 19.7 Å². The number of ether oxygens (including phenoxy) is 1. The van der Waals surface area contributed by atoms with E-state index in [9.17, 15) is 19.8 Å². The van der Waals surface area contributed by atoms with Gasteiger partial charge < -0.3 is 30.2 Å². The van der Waals surface area contributed by atoms with Crippen molar-refractivity contribution in [3.8, 4) is 16.9 Å². The molecular formula is C37H46N4O5. The summed E-state index contributed by atoms with van der Waals surface area (Å²) in [5.74, 6) is -0.00509. The summed E-state index contributed by atoms with van der Waals surface area (Å²) in [6, 6.07) is 24.1. The van der Waals surface area contributed by atoms with Crippen molar-refractivity contribution in [2.75, 3.05) is 38.0 Å². The van der Waals surface area contributed by atoms with Gasteiger partial charge in [-0.1, -0.05) is 80.3 Å². The Kier molecular flexibility index (Phi) is 12.2. The van der Waals surface area contributed by atoms with Gasteiger partial charge in [0.05, 0.1) is 17.3 Å². The van der Waals surface area contributed by atoms with Crippen LogP contribution in [0.1, 0.15) is 63.0 Å². The van der Waals surface area contributed by atoms with Crippen molar-refractivity contribution in [2.24, 2.45) is 0 Å². The van der Waals surface area contributed by atoms with Gasteiger partial charge in [0.25, 0.3) is 0 Å². The van der Waals surface area contributed by atoms with Crippen LogP contribution in [-0.4, -0.2) is 65.0 Å². The third kappa shape index (κ3) is 9.42. The summed E-state index contributed by atoms with van der Waals surface area (Å²) < 4.78 is 5.78. The minimum absolute atomic E-state index is 0.00509. The van der Waals surface area contributed by atoms with E-state index >= 15 is 0 Å². The van der Waals surface area contributed by atoms with Gasteiger partial charge in [0, 0.05) is 36.7 Å². The molecule has 0 bridgehead atoms. The monoisotopic (exact) mass is 626 g/mol. The number of hydrogen-bond acceptors (Lipinski definition) is 7. The van der Waals surface area contributed by atoms with Crippen LogP contribution >= 0.6 is 0 Å². The summed E-state index contributed by atoms with van der Waals surface area (Å²) in [5, 5.41) is 27.6. The van der Waals surface area contributed by atoms with Crippen molar-refractivity contribution >= 4 is 22.7 Å². The number of hydrogen-bond donors (Lipinski definition) is 5. The van der Waals surface area contributed by atoms with Crippen LogP contribution < -0.4 is 16.2 Å². The number of unbranched alkanes of at least 4 members (excludes halogenated alkanes) is 5. The molecule has 244 valence electrons. The van der Waals surface area contributed by atoms with Crippen LogP contribution in [0.15, 0.2) is 83.7 Å². The zero-order valence-electron chi connectivity index (χ0n) is 26.4. The van der Waals surface area contributed by atoms with Crippen LogP contribution in [0.5, 0.6) is 5.75 Å². The van der Waals surface area contributed by atoms with Gasteiger partial charge in [0.2, 0.25) is 5.56 Å². The van der Waals surface area contributed by atoms with E-state index in [1.54, 1.807) is 12.1 Å². The normalized spacial score (nSPS) is 14.7. The molecule has 1 atom stereocenters. The Labute approximate surface area is 270 Å². The molecule has 4 aromatic rings. The van der Waals surface area contributed by atoms with Gasteiger partial charge in [-0.25, -0.2) is 4.79 Å². The standard InChI is InChI=1S/C37H46N4O5/c42-33-18-16-30(31-17-19-35(44)40-36(31)33)34(43)26-38-22-10-3-1-2-4-11-23-41-24-20-28(21-25-41)46-37(45)39-32-15-9-8-14-29(32)27-12-6-5-7-13-27/h5-9,12-19,28,34,38,42-43H,1-4,10-11,20-26H2,(H,39,45)(H,40,44)/t34-/m0/s1. The van der Waals surface area contributed by atoms with Gasteiger partial charge in [0.15, 0.2) is 0 Å². The molecule has 5 N–H and O–H groups in total. The number of fused-ring (bicyclic) bond motifs is 1. The van der Waals surface area contributed by atoms with Crippen molar-refractivity contribution in [3.05, 3.63) is 94.8 Å². The first kappa shape index (κ1) is 33.2. The topological polar surface area (TPSA) is 127 Å². The number of carbonyl (C=O) groups is 1. The second kappa shape index (κ2) is 16.9. The van der Waals surface area contributed by atoms with Crippen LogP contribution in [0, 0.1) is 0 Å². The smallest absolute Gasteiger partial charge is 0.411 e. The van der Waals surface area contributed by atoms with Crippen molar-refractivity contribution in [2.45, 2.75) is 63.6 Å². The lowest BCUT2D eigenvalue weighted by molar-refractivity contribution is 0.0584. The summed E-state index contributed by atoms with van der Waals surface area (Å²) in [6.45, 7) is 4.23. The number of phenols is 1. The van der Waals surface area contributed by atoms with Crippen LogP contribution in [0.4, 0.5) is 10.5 Å². The zero-order chi connectivity index (χ0) is 32.1. The third-order valence-electron chi connectivity index (χ3n) is 8.74. The summed E-state index contributed by atoms with van der Waals surface area (Å²) in [4.78, 5) is 29.4. The molecule has 1 aliphatic rings. The number of piperidine rings is 1. The van der Waals surface area contributed by atoms with E-state index < -0.39 is 12.2 Å². The van der Waals surface area contributed by atoms with E-state index in [4.69, 9.17) is 4.74 Å². The van der Waals surface area contributed by atoms with Crippen LogP contribution in [-0.2, 0) is 4.74 Å². The van der Waals surface area contributed by atoms with Crippen molar-refractivity contribution in [1.82, 2.24) is 15.2 Å². The first-order valence-electron chi connectivity index (χ1n) is 16.6. The first-order chi connectivity index (χ1) is 22.5. The lowest BCUT2D eigenvalue weighted by Gasteiger charge is -2.31. The quantitative estimate of drug-likeness (QED) is 0.0944. The lowest BCUT2D eigenvalue weighted by Crippen LogP contribution is -2.38. The summed E-state index contributed by atoms with van der Waals surface area (Å²) in [7, 11) is 0. The number of aliphatic hydroxyl groups is 1. The molecule has 5 rings (SSSR count). The van der Waals surface area contributed by atoms with Gasteiger partial charge >= 0.3 is 6.09 Å². The highest BCUT2D eigenvalue weighted by molar-refractivity contribution is 5.91. The Hall–Kier alpha value is -4.18. The number of phenolic OH excluding ortho intramolecular Hbond substituents is 1. The van der Waals surface area contributed by atoms with Gasteiger partial charge in [-0.05, 0) is 68.1 Å². The first-order valence-corrected chi connectivity index (χ1v) is 16.6. The molecule has 2 heterocycles. The summed E-state index contributed by atoms with van der Waals surface area (Å²) in [6.07, 6.45) is 7.53. The van der Waals surface area contributed by atoms with Crippen molar-refractivity contribution in [3.63, 3.8) is 0 Å². The van der Waals surface area contributed by atoms with E-state index in [-0.39, 0.29) is 17.4 Å². The number of benzene rings is 3. The number of amides is 1. The molecule has 0 spiro atoms. The number of rotatable bonds is 15. The van der Waals surface area contributed by atoms with Crippen LogP contribution in [0.3, 0.4) is 0 Å². The predicted molar refractivity (Wildman–Crippen MR) is 183 cm³/mol. The molecule has 9 nitrogen and oxygen atoms in total. The van der Waals surface area contributed by atoms with Gasteiger partial charge in [0.1, 0.15) is 11.9 Å². The number of pyridine rings is 1. The average molecular weight is 627 g/mol. The average Bonchev–Trinajstić information content (AvgIpc) is 3.07. The Morgan fingerprint density at radius 1 is 0.891 bits per heavy atom. The van der Waals surface area contributed by atoms with E-state index in [1.807, 2.05) is 54.6 Å². The number of nitrogens with one attached hydrogen (secondary N) is 3. The van der Waals surface area contributed by atoms with Gasteiger partial charge in [-0.3, -0.25) is 10.1 Å². The van der Waals surface area contributed by atoms with E-state index in [1.165, 1.54) is 37.8 Å². The largest absolute Gasteiger partial charge is 0.506 e. The Morgan fingerprint density at radius 3 is 2.41 bits per heavy atom. The fourth-order valence-electron chi connectivity index (χ4n) is 6.19. The number of aromatic amines is 1. The number of para-hydroxylation sites is 1. The number of aliphatic hydroxyl groups excluding tert-OH is 1. The minimum Gasteiger partial charge on any atom is -0.506 e. The van der Waals surface area contributed by atoms with Gasteiger partial charge in [-0.15, -0.1) is 0 Å². The fourth-order valence-corrected chi connectivity index (χ4v) is 6.19. The molecular weight excluding hydrogens is 580 g/mol. The molecule has 46 heavy (non-hydrogen) atoms. The molecule has 0 radical (unpaired) electrons. The Bertz CT molecular complexity index is 1600. The molecule has 1 saturated heterocycles. The molecule has 0 aliphatic carbocycles. The maximum atomic E-state index is 12.7. The number of anilines is 1. The second-order valence-electron chi connectivity index (χ2n) is 12.1. The Morgan fingerprint density at radius 2 is 1.61 bits per heavy atom. The maximum Gasteiger partial charge on any atom is 0.411 e. The molecule has 0 unspecified atom stereocenters. The molecule has 1 aromatic heterocycles. The number of aromatic hydroxyl groups is 1. The molecule has 0 saturated carbocycles. The highest BCUT2D eigenvalue weighted by Gasteiger charge is 2.22. The van der Waals surface area contributed by atoms with Crippen LogP contribution in [0.2, 0.25) is 0 Å². The zero-order valence-corrected chi connectivity index (χ0v) is 26.4. The molecule has 1 amide bonds. The predicted octanol–water partition coefficient (Wildman–Crippen LogP) is 6.58. The van der Waals surface area contributed by atoms with E-state index in [2.05, 4.69) is 20.5 Å². The SMILES string of the molecule is O=C(Nc1ccccc1-c1ccccc1)OC1CCN(CCCCCCCCNC[C@H](O)c2ccc(O)c3[nH]c(=O)ccc23)CC1. The van der Waals surface area contributed by atoms with E-state index in [0.29, 0.717) is 23.0 Å².